The van der Waals surface area contributed by atoms with Crippen molar-refractivity contribution in [2.45, 2.75) is 19.4 Å². The standard InChI is InChI=1S/C17H23N3/c1-20(12-14-5-4-10-18-11-14)13-16-9-8-15-6-2-3-7-17(15)19-16/h2-3,6-9,14,18H,4-5,10-13H2,1H3. The Morgan fingerprint density at radius 1 is 1.25 bits per heavy atom. The zero-order valence-corrected chi connectivity index (χ0v) is 12.2. The molecule has 1 atom stereocenters. The van der Waals surface area contributed by atoms with E-state index in [4.69, 9.17) is 4.98 Å². The summed E-state index contributed by atoms with van der Waals surface area (Å²) < 4.78 is 0. The highest BCUT2D eigenvalue weighted by molar-refractivity contribution is 5.78. The highest BCUT2D eigenvalue weighted by atomic mass is 15.1. The number of hydrogen-bond acceptors (Lipinski definition) is 3. The second-order valence-corrected chi connectivity index (χ2v) is 5.90. The second kappa shape index (κ2) is 6.33. The lowest BCUT2D eigenvalue weighted by atomic mass is 9.99. The topological polar surface area (TPSA) is 28.2 Å². The number of nitrogens with zero attached hydrogens (tertiary/aromatic N) is 2. The lowest BCUT2D eigenvalue weighted by Gasteiger charge is -2.27. The third-order valence-electron chi connectivity index (χ3n) is 4.06. The normalized spacial score (nSPS) is 19.6. The highest BCUT2D eigenvalue weighted by Gasteiger charge is 2.15. The van der Waals surface area contributed by atoms with Crippen LogP contribution in [-0.4, -0.2) is 36.6 Å². The summed E-state index contributed by atoms with van der Waals surface area (Å²) in [6.07, 6.45) is 2.66. The molecule has 1 N–H and O–H groups in total. The number of aromatic nitrogens is 1. The molecule has 20 heavy (non-hydrogen) atoms. The van der Waals surface area contributed by atoms with Gasteiger partial charge in [0.2, 0.25) is 0 Å². The molecule has 1 aromatic heterocycles. The number of para-hydroxylation sites is 1. The summed E-state index contributed by atoms with van der Waals surface area (Å²) in [7, 11) is 2.20. The van der Waals surface area contributed by atoms with E-state index in [0.29, 0.717) is 0 Å². The molecule has 1 saturated heterocycles. The Bertz CT molecular complexity index is 561. The molecule has 3 heteroatoms. The number of fused-ring (bicyclic) bond motifs is 1. The van der Waals surface area contributed by atoms with Crippen LogP contribution in [0.4, 0.5) is 0 Å². The molecule has 1 aliphatic heterocycles. The van der Waals surface area contributed by atoms with Gasteiger partial charge >= 0.3 is 0 Å². The number of pyridine rings is 1. The fourth-order valence-corrected chi connectivity index (χ4v) is 3.06. The summed E-state index contributed by atoms with van der Waals surface area (Å²) in [6, 6.07) is 12.6. The van der Waals surface area contributed by atoms with Crippen molar-refractivity contribution in [2.75, 3.05) is 26.7 Å². The Labute approximate surface area is 121 Å². The predicted molar refractivity (Wildman–Crippen MR) is 83.7 cm³/mol. The van der Waals surface area contributed by atoms with E-state index < -0.39 is 0 Å². The van der Waals surface area contributed by atoms with Gasteiger partial charge in [0.15, 0.2) is 0 Å². The van der Waals surface area contributed by atoms with E-state index in [-0.39, 0.29) is 0 Å². The van der Waals surface area contributed by atoms with Gasteiger partial charge in [0.25, 0.3) is 0 Å². The molecule has 0 aliphatic carbocycles. The first-order valence-electron chi connectivity index (χ1n) is 7.55. The molecule has 1 aromatic carbocycles. The number of benzene rings is 1. The van der Waals surface area contributed by atoms with Crippen LogP contribution in [0, 0.1) is 5.92 Å². The van der Waals surface area contributed by atoms with Gasteiger partial charge < -0.3 is 10.2 Å². The van der Waals surface area contributed by atoms with E-state index in [9.17, 15) is 0 Å². The SMILES string of the molecule is CN(Cc1ccc2ccccc2n1)CC1CCCNC1. The van der Waals surface area contributed by atoms with E-state index in [0.717, 1.165) is 36.8 Å². The van der Waals surface area contributed by atoms with Crippen molar-refractivity contribution >= 4 is 10.9 Å². The van der Waals surface area contributed by atoms with Crippen molar-refractivity contribution in [1.82, 2.24) is 15.2 Å². The van der Waals surface area contributed by atoms with Crippen LogP contribution in [0.1, 0.15) is 18.5 Å². The maximum atomic E-state index is 4.75. The van der Waals surface area contributed by atoms with Crippen molar-refractivity contribution in [3.63, 3.8) is 0 Å². The lowest BCUT2D eigenvalue weighted by molar-refractivity contribution is 0.236. The van der Waals surface area contributed by atoms with Crippen LogP contribution in [0.25, 0.3) is 10.9 Å². The maximum Gasteiger partial charge on any atom is 0.0705 e. The van der Waals surface area contributed by atoms with Gasteiger partial charge in [-0.25, -0.2) is 0 Å². The molecule has 1 aliphatic rings. The smallest absolute Gasteiger partial charge is 0.0705 e. The fraction of sp³-hybridized carbons (Fsp3) is 0.471. The van der Waals surface area contributed by atoms with Crippen molar-refractivity contribution in [1.29, 1.82) is 0 Å². The number of hydrogen-bond donors (Lipinski definition) is 1. The largest absolute Gasteiger partial charge is 0.316 e. The summed E-state index contributed by atoms with van der Waals surface area (Å²) in [5.41, 5.74) is 2.26. The molecular weight excluding hydrogens is 246 g/mol. The van der Waals surface area contributed by atoms with Crippen LogP contribution in [0.5, 0.6) is 0 Å². The van der Waals surface area contributed by atoms with E-state index >= 15 is 0 Å². The van der Waals surface area contributed by atoms with Gasteiger partial charge in [-0.1, -0.05) is 24.3 Å². The maximum absolute atomic E-state index is 4.75. The summed E-state index contributed by atoms with van der Waals surface area (Å²) in [5, 5.41) is 4.70. The molecular formula is C17H23N3. The van der Waals surface area contributed by atoms with E-state index in [1.807, 2.05) is 0 Å². The first-order chi connectivity index (χ1) is 9.81. The van der Waals surface area contributed by atoms with Crippen LogP contribution in [0.15, 0.2) is 36.4 Å². The molecule has 1 fully saturated rings. The van der Waals surface area contributed by atoms with E-state index in [1.165, 1.54) is 24.8 Å². The second-order valence-electron chi connectivity index (χ2n) is 5.90. The molecule has 0 bridgehead atoms. The van der Waals surface area contributed by atoms with Gasteiger partial charge in [-0.2, -0.15) is 0 Å². The molecule has 2 aromatic rings. The first kappa shape index (κ1) is 13.5. The molecule has 0 saturated carbocycles. The van der Waals surface area contributed by atoms with Crippen molar-refractivity contribution in [3.05, 3.63) is 42.1 Å². The minimum absolute atomic E-state index is 0.786. The Morgan fingerprint density at radius 3 is 3.00 bits per heavy atom. The summed E-state index contributed by atoms with van der Waals surface area (Å²) in [4.78, 5) is 7.15. The highest BCUT2D eigenvalue weighted by Crippen LogP contribution is 2.15. The Kier molecular flexibility index (Phi) is 4.28. The van der Waals surface area contributed by atoms with Gasteiger partial charge in [0, 0.05) is 18.5 Å². The van der Waals surface area contributed by atoms with E-state index in [2.05, 4.69) is 53.7 Å². The van der Waals surface area contributed by atoms with Crippen LogP contribution < -0.4 is 5.32 Å². The zero-order valence-electron chi connectivity index (χ0n) is 12.2. The molecule has 0 radical (unpaired) electrons. The average molecular weight is 269 g/mol. The summed E-state index contributed by atoms with van der Waals surface area (Å²) in [5.74, 6) is 0.786. The summed E-state index contributed by atoms with van der Waals surface area (Å²) in [6.45, 7) is 4.44. The van der Waals surface area contributed by atoms with Crippen molar-refractivity contribution in [2.24, 2.45) is 5.92 Å². The number of piperidine rings is 1. The number of nitrogens with one attached hydrogen (secondary N) is 1. The predicted octanol–water partition coefficient (Wildman–Crippen LogP) is 2.67. The molecule has 3 nitrogen and oxygen atoms in total. The van der Waals surface area contributed by atoms with Gasteiger partial charge in [-0.3, -0.25) is 4.98 Å². The lowest BCUT2D eigenvalue weighted by Crippen LogP contribution is -2.36. The Balaban J connectivity index is 1.62. The third-order valence-corrected chi connectivity index (χ3v) is 4.06. The van der Waals surface area contributed by atoms with Gasteiger partial charge in [-0.15, -0.1) is 0 Å². The summed E-state index contributed by atoms with van der Waals surface area (Å²) >= 11 is 0. The molecule has 0 spiro atoms. The third kappa shape index (κ3) is 3.35. The van der Waals surface area contributed by atoms with Crippen molar-refractivity contribution in [3.8, 4) is 0 Å². The minimum Gasteiger partial charge on any atom is -0.316 e. The van der Waals surface area contributed by atoms with Crippen LogP contribution in [0.2, 0.25) is 0 Å². The molecule has 2 heterocycles. The zero-order chi connectivity index (χ0) is 13.8. The minimum atomic E-state index is 0.786. The average Bonchev–Trinajstić information content (AvgIpc) is 2.48. The van der Waals surface area contributed by atoms with Crippen LogP contribution in [-0.2, 0) is 6.54 Å². The number of rotatable bonds is 4. The van der Waals surface area contributed by atoms with Crippen molar-refractivity contribution < 1.29 is 0 Å². The van der Waals surface area contributed by atoms with Gasteiger partial charge in [0.1, 0.15) is 0 Å². The fourth-order valence-electron chi connectivity index (χ4n) is 3.06. The molecule has 106 valence electrons. The Morgan fingerprint density at radius 2 is 2.15 bits per heavy atom. The van der Waals surface area contributed by atoms with E-state index in [1.54, 1.807) is 0 Å². The van der Waals surface area contributed by atoms with Gasteiger partial charge in [-0.05, 0) is 51.0 Å². The van der Waals surface area contributed by atoms with Crippen LogP contribution in [0.3, 0.4) is 0 Å². The quantitative estimate of drug-likeness (QED) is 0.925. The molecule has 3 rings (SSSR count). The molecule has 1 unspecified atom stereocenters. The Hall–Kier alpha value is -1.45. The first-order valence-corrected chi connectivity index (χ1v) is 7.55. The van der Waals surface area contributed by atoms with Gasteiger partial charge in [0.05, 0.1) is 11.2 Å². The monoisotopic (exact) mass is 269 g/mol. The van der Waals surface area contributed by atoms with Crippen LogP contribution >= 0.6 is 0 Å². The molecule has 0 amide bonds.